The van der Waals surface area contributed by atoms with E-state index in [0.717, 1.165) is 22.8 Å². The van der Waals surface area contributed by atoms with Gasteiger partial charge in [-0.15, -0.1) is 0 Å². The normalized spacial score (nSPS) is 12.7. The Labute approximate surface area is 121 Å². The van der Waals surface area contributed by atoms with Crippen LogP contribution in [-0.4, -0.2) is 25.6 Å². The summed E-state index contributed by atoms with van der Waals surface area (Å²) >= 11 is 3.43. The predicted molar refractivity (Wildman–Crippen MR) is 79.1 cm³/mol. The van der Waals surface area contributed by atoms with Gasteiger partial charge >= 0.3 is 0 Å². The molecule has 0 aromatic carbocycles. The van der Waals surface area contributed by atoms with E-state index in [1.165, 1.54) is 0 Å². The van der Waals surface area contributed by atoms with Crippen molar-refractivity contribution in [3.05, 3.63) is 35.2 Å². The third-order valence-corrected chi connectivity index (χ3v) is 3.07. The van der Waals surface area contributed by atoms with Gasteiger partial charge in [-0.2, -0.15) is 0 Å². The Balaban J connectivity index is 2.05. The number of aromatic nitrogens is 4. The zero-order chi connectivity index (χ0) is 13.8. The fourth-order valence-electron chi connectivity index (χ4n) is 1.78. The van der Waals surface area contributed by atoms with Crippen LogP contribution in [-0.2, 0) is 6.54 Å². The van der Waals surface area contributed by atoms with Gasteiger partial charge in [-0.1, -0.05) is 13.8 Å². The molecule has 19 heavy (non-hydrogen) atoms. The molecule has 0 saturated carbocycles. The van der Waals surface area contributed by atoms with E-state index < -0.39 is 0 Å². The van der Waals surface area contributed by atoms with Crippen LogP contribution in [0.5, 0.6) is 0 Å². The molecule has 0 fully saturated rings. The Kier molecular flexibility index (Phi) is 4.52. The fraction of sp³-hybridized carbons (Fsp3) is 0.462. The summed E-state index contributed by atoms with van der Waals surface area (Å²) in [6, 6.07) is 2.16. The lowest BCUT2D eigenvalue weighted by molar-refractivity contribution is 0.615. The SMILES string of the molecule is CC(Cn1ccnc1)Nc1cc(Br)nc(C(C)C)n1. The lowest BCUT2D eigenvalue weighted by Crippen LogP contribution is -2.22. The molecule has 0 amide bonds. The first-order chi connectivity index (χ1) is 9.04. The van der Waals surface area contributed by atoms with E-state index in [0.29, 0.717) is 5.92 Å². The summed E-state index contributed by atoms with van der Waals surface area (Å²) in [6.45, 7) is 7.13. The molecule has 2 aromatic rings. The van der Waals surface area contributed by atoms with Gasteiger partial charge in [-0.3, -0.25) is 0 Å². The average molecular weight is 324 g/mol. The molecule has 0 spiro atoms. The Bertz CT molecular complexity index is 524. The van der Waals surface area contributed by atoms with Gasteiger partial charge in [0, 0.05) is 37.0 Å². The van der Waals surface area contributed by atoms with Crippen LogP contribution in [0.1, 0.15) is 32.5 Å². The molecule has 1 N–H and O–H groups in total. The molecule has 0 bridgehead atoms. The summed E-state index contributed by atoms with van der Waals surface area (Å²) in [7, 11) is 0. The van der Waals surface area contributed by atoms with Crippen molar-refractivity contribution in [2.45, 2.75) is 39.3 Å². The van der Waals surface area contributed by atoms with Crippen molar-refractivity contribution in [1.29, 1.82) is 0 Å². The van der Waals surface area contributed by atoms with E-state index in [2.05, 4.69) is 57.0 Å². The molecule has 0 radical (unpaired) electrons. The molecule has 102 valence electrons. The molecule has 2 rings (SSSR count). The Hall–Kier alpha value is -1.43. The molecule has 1 atom stereocenters. The lowest BCUT2D eigenvalue weighted by atomic mass is 10.2. The third-order valence-electron chi connectivity index (χ3n) is 2.67. The summed E-state index contributed by atoms with van der Waals surface area (Å²) in [5, 5.41) is 3.39. The first-order valence-corrected chi connectivity index (χ1v) is 7.10. The van der Waals surface area contributed by atoms with Gasteiger partial charge < -0.3 is 9.88 Å². The zero-order valence-electron chi connectivity index (χ0n) is 11.3. The lowest BCUT2D eigenvalue weighted by Gasteiger charge is -2.16. The van der Waals surface area contributed by atoms with Gasteiger partial charge in [0.1, 0.15) is 16.2 Å². The molecule has 2 aromatic heterocycles. The van der Waals surface area contributed by atoms with Gasteiger partial charge in [-0.05, 0) is 22.9 Å². The highest BCUT2D eigenvalue weighted by Crippen LogP contribution is 2.18. The maximum absolute atomic E-state index is 4.53. The Morgan fingerprint density at radius 1 is 1.32 bits per heavy atom. The molecular formula is C13H18BrN5. The Morgan fingerprint density at radius 2 is 2.11 bits per heavy atom. The van der Waals surface area contributed by atoms with E-state index in [-0.39, 0.29) is 6.04 Å². The van der Waals surface area contributed by atoms with Gasteiger partial charge in [0.2, 0.25) is 0 Å². The molecule has 0 aliphatic rings. The number of hydrogen-bond donors (Lipinski definition) is 1. The molecular weight excluding hydrogens is 306 g/mol. The highest BCUT2D eigenvalue weighted by atomic mass is 79.9. The summed E-state index contributed by atoms with van der Waals surface area (Å²) in [5.41, 5.74) is 0. The van der Waals surface area contributed by atoms with Crippen molar-refractivity contribution in [2.75, 3.05) is 5.32 Å². The fourth-order valence-corrected chi connectivity index (χ4v) is 2.17. The molecule has 2 heterocycles. The topological polar surface area (TPSA) is 55.6 Å². The van der Waals surface area contributed by atoms with Crippen molar-refractivity contribution >= 4 is 21.7 Å². The summed E-state index contributed by atoms with van der Waals surface area (Å²) in [5.74, 6) is 1.99. The molecule has 6 heteroatoms. The predicted octanol–water partition coefficient (Wildman–Crippen LogP) is 3.06. The van der Waals surface area contributed by atoms with Crippen LogP contribution < -0.4 is 5.32 Å². The monoisotopic (exact) mass is 323 g/mol. The first-order valence-electron chi connectivity index (χ1n) is 6.31. The first kappa shape index (κ1) is 14.0. The van der Waals surface area contributed by atoms with Crippen molar-refractivity contribution < 1.29 is 0 Å². The molecule has 0 aliphatic carbocycles. The number of hydrogen-bond acceptors (Lipinski definition) is 4. The van der Waals surface area contributed by atoms with Crippen molar-refractivity contribution in [3.63, 3.8) is 0 Å². The maximum Gasteiger partial charge on any atom is 0.134 e. The van der Waals surface area contributed by atoms with Crippen LogP contribution >= 0.6 is 15.9 Å². The number of nitrogens with one attached hydrogen (secondary N) is 1. The number of anilines is 1. The van der Waals surface area contributed by atoms with E-state index in [1.807, 2.05) is 23.2 Å². The van der Waals surface area contributed by atoms with Gasteiger partial charge in [-0.25, -0.2) is 15.0 Å². The van der Waals surface area contributed by atoms with E-state index in [4.69, 9.17) is 0 Å². The van der Waals surface area contributed by atoms with Crippen molar-refractivity contribution in [1.82, 2.24) is 19.5 Å². The summed E-state index contributed by atoms with van der Waals surface area (Å²) in [4.78, 5) is 12.9. The van der Waals surface area contributed by atoms with E-state index in [9.17, 15) is 0 Å². The molecule has 1 unspecified atom stereocenters. The minimum absolute atomic E-state index is 0.260. The van der Waals surface area contributed by atoms with Crippen LogP contribution in [0.25, 0.3) is 0 Å². The maximum atomic E-state index is 4.53. The van der Waals surface area contributed by atoms with Crippen LogP contribution in [0, 0.1) is 0 Å². The van der Waals surface area contributed by atoms with Crippen LogP contribution in [0.15, 0.2) is 29.4 Å². The van der Waals surface area contributed by atoms with Crippen LogP contribution in [0.3, 0.4) is 0 Å². The minimum atomic E-state index is 0.260. The minimum Gasteiger partial charge on any atom is -0.366 e. The molecule has 5 nitrogen and oxygen atoms in total. The van der Waals surface area contributed by atoms with Gasteiger partial charge in [0.25, 0.3) is 0 Å². The highest BCUT2D eigenvalue weighted by molar-refractivity contribution is 9.10. The second-order valence-electron chi connectivity index (χ2n) is 4.89. The third kappa shape index (κ3) is 4.02. The highest BCUT2D eigenvalue weighted by Gasteiger charge is 2.09. The summed E-state index contributed by atoms with van der Waals surface area (Å²) < 4.78 is 2.85. The Morgan fingerprint density at radius 3 is 2.74 bits per heavy atom. The smallest absolute Gasteiger partial charge is 0.134 e. The van der Waals surface area contributed by atoms with E-state index >= 15 is 0 Å². The quantitative estimate of drug-likeness (QED) is 0.859. The van der Waals surface area contributed by atoms with Crippen molar-refractivity contribution in [3.8, 4) is 0 Å². The number of rotatable bonds is 5. The largest absolute Gasteiger partial charge is 0.366 e. The van der Waals surface area contributed by atoms with Gasteiger partial charge in [0.15, 0.2) is 0 Å². The second-order valence-corrected chi connectivity index (χ2v) is 5.71. The summed E-state index contributed by atoms with van der Waals surface area (Å²) in [6.07, 6.45) is 5.55. The van der Waals surface area contributed by atoms with Crippen LogP contribution in [0.2, 0.25) is 0 Å². The number of nitrogens with zero attached hydrogens (tertiary/aromatic N) is 4. The van der Waals surface area contributed by atoms with Gasteiger partial charge in [0.05, 0.1) is 6.33 Å². The molecule has 0 saturated heterocycles. The second kappa shape index (κ2) is 6.14. The average Bonchev–Trinajstić information content (AvgIpc) is 2.80. The zero-order valence-corrected chi connectivity index (χ0v) is 12.9. The number of halogens is 1. The van der Waals surface area contributed by atoms with E-state index in [1.54, 1.807) is 6.20 Å². The molecule has 0 aliphatic heterocycles. The number of imidazole rings is 1. The van der Waals surface area contributed by atoms with Crippen LogP contribution in [0.4, 0.5) is 5.82 Å². The standard InChI is InChI=1S/C13H18BrN5/c1-9(2)13-17-11(14)6-12(18-13)16-10(3)7-19-5-4-15-8-19/h4-6,8-10H,7H2,1-3H3,(H,16,17,18). The van der Waals surface area contributed by atoms with Crippen molar-refractivity contribution in [2.24, 2.45) is 0 Å².